The molecule has 3 N–H and O–H groups in total. The quantitative estimate of drug-likeness (QED) is 0.326. The first-order valence-electron chi connectivity index (χ1n) is 14.1. The Morgan fingerprint density at radius 3 is 2.25 bits per heavy atom. The van der Waals surface area contributed by atoms with E-state index in [4.69, 9.17) is 9.47 Å². The second-order valence-corrected chi connectivity index (χ2v) is 11.0. The number of hydrogen-bond acceptors (Lipinski definition) is 7. The van der Waals surface area contributed by atoms with Gasteiger partial charge in [-0.15, -0.1) is 0 Å². The molecule has 2 aliphatic heterocycles. The van der Waals surface area contributed by atoms with Gasteiger partial charge in [-0.05, 0) is 62.9 Å². The zero-order valence-corrected chi connectivity index (χ0v) is 23.6. The fourth-order valence-corrected chi connectivity index (χ4v) is 5.33. The summed E-state index contributed by atoms with van der Waals surface area (Å²) in [6, 6.07) is 14.5. The predicted molar refractivity (Wildman–Crippen MR) is 151 cm³/mol. The summed E-state index contributed by atoms with van der Waals surface area (Å²) in [6.07, 6.45) is 3.34. The number of methoxy groups -OCH3 is 1. The average Bonchev–Trinajstić information content (AvgIpc) is 3.74. The van der Waals surface area contributed by atoms with E-state index in [1.54, 1.807) is 33.1 Å². The monoisotopic (exact) mass is 551 g/mol. The molecule has 0 radical (unpaired) electrons. The van der Waals surface area contributed by atoms with Crippen molar-refractivity contribution in [2.24, 2.45) is 0 Å². The number of aliphatic hydroxyl groups is 1. The van der Waals surface area contributed by atoms with Crippen molar-refractivity contribution in [1.82, 2.24) is 15.5 Å². The first-order valence-corrected chi connectivity index (χ1v) is 14.1. The van der Waals surface area contributed by atoms with Crippen LogP contribution in [0.1, 0.15) is 44.2 Å². The maximum atomic E-state index is 13.8. The molecule has 9 nitrogen and oxygen atoms in total. The Morgan fingerprint density at radius 2 is 1.62 bits per heavy atom. The van der Waals surface area contributed by atoms with Gasteiger partial charge in [-0.25, -0.2) is 0 Å². The number of piperidine rings is 1. The van der Waals surface area contributed by atoms with Gasteiger partial charge >= 0.3 is 0 Å². The third-order valence-electron chi connectivity index (χ3n) is 8.01. The van der Waals surface area contributed by atoms with E-state index < -0.39 is 29.6 Å². The molecule has 2 aliphatic rings. The summed E-state index contributed by atoms with van der Waals surface area (Å²) in [5, 5.41) is 15.7. The lowest BCUT2D eigenvalue weighted by Crippen LogP contribution is -2.58. The number of aliphatic hydroxyl groups excluding tert-OH is 1. The minimum Gasteiger partial charge on any atom is -0.497 e. The molecule has 0 aromatic heterocycles. The van der Waals surface area contributed by atoms with Crippen LogP contribution in [0.5, 0.6) is 5.75 Å². The summed E-state index contributed by atoms with van der Waals surface area (Å²) in [5.41, 5.74) is 0.835. The molecule has 0 spiro atoms. The largest absolute Gasteiger partial charge is 0.497 e. The van der Waals surface area contributed by atoms with Crippen LogP contribution >= 0.6 is 0 Å². The Hall–Kier alpha value is -3.27. The van der Waals surface area contributed by atoms with E-state index in [0.717, 1.165) is 30.4 Å². The van der Waals surface area contributed by atoms with Gasteiger partial charge in [-0.1, -0.05) is 48.9 Å². The SMILES string of the molecule is COc1ccc(CC(NC(=O)C(C)N2CCCCC2CO)C(=O)NC(Cc2ccccc2)C(=O)C2(C)CO2)cc1. The lowest BCUT2D eigenvalue weighted by Gasteiger charge is -2.38. The average molecular weight is 552 g/mol. The predicted octanol–water partition coefficient (Wildman–Crippen LogP) is 2.04. The number of carbonyl (C=O) groups is 3. The highest BCUT2D eigenvalue weighted by Crippen LogP contribution is 2.29. The van der Waals surface area contributed by atoms with E-state index >= 15 is 0 Å². The third kappa shape index (κ3) is 7.47. The van der Waals surface area contributed by atoms with Crippen LogP contribution in [0.4, 0.5) is 0 Å². The molecule has 40 heavy (non-hydrogen) atoms. The molecule has 216 valence electrons. The fraction of sp³-hybridized carbons (Fsp3) is 0.516. The molecule has 0 bridgehead atoms. The second-order valence-electron chi connectivity index (χ2n) is 11.0. The van der Waals surface area contributed by atoms with Crippen molar-refractivity contribution in [3.8, 4) is 5.75 Å². The Morgan fingerprint density at radius 1 is 1.00 bits per heavy atom. The van der Waals surface area contributed by atoms with Crippen molar-refractivity contribution in [1.29, 1.82) is 0 Å². The summed E-state index contributed by atoms with van der Waals surface area (Å²) in [7, 11) is 1.58. The molecule has 9 heteroatoms. The number of ether oxygens (including phenoxy) is 2. The normalized spacial score (nSPS) is 22.9. The second kappa shape index (κ2) is 13.4. The number of Topliss-reactive ketones (excluding diaryl/α,β-unsaturated/α-hetero) is 1. The Balaban J connectivity index is 1.54. The molecule has 0 aliphatic carbocycles. The van der Waals surface area contributed by atoms with Crippen LogP contribution in [0, 0.1) is 0 Å². The molecule has 2 heterocycles. The van der Waals surface area contributed by atoms with Crippen LogP contribution in [0.15, 0.2) is 54.6 Å². The van der Waals surface area contributed by atoms with Crippen LogP contribution in [0.3, 0.4) is 0 Å². The van der Waals surface area contributed by atoms with Crippen molar-refractivity contribution >= 4 is 17.6 Å². The first-order chi connectivity index (χ1) is 19.2. The van der Waals surface area contributed by atoms with Gasteiger partial charge in [0.2, 0.25) is 11.8 Å². The summed E-state index contributed by atoms with van der Waals surface area (Å²) in [5.74, 6) is -0.231. The number of benzene rings is 2. The van der Waals surface area contributed by atoms with Crippen molar-refractivity contribution in [2.75, 3.05) is 26.9 Å². The molecule has 2 fully saturated rings. The number of ketones is 1. The van der Waals surface area contributed by atoms with Gasteiger partial charge in [0.05, 0.1) is 32.4 Å². The smallest absolute Gasteiger partial charge is 0.243 e. The van der Waals surface area contributed by atoms with E-state index in [2.05, 4.69) is 10.6 Å². The van der Waals surface area contributed by atoms with Gasteiger partial charge in [0.1, 0.15) is 17.4 Å². The van der Waals surface area contributed by atoms with Crippen molar-refractivity contribution in [2.45, 2.75) is 75.7 Å². The van der Waals surface area contributed by atoms with Crippen molar-refractivity contribution in [3.63, 3.8) is 0 Å². The fourth-order valence-electron chi connectivity index (χ4n) is 5.33. The molecule has 2 aromatic carbocycles. The lowest BCUT2D eigenvalue weighted by molar-refractivity contribution is -0.134. The van der Waals surface area contributed by atoms with Gasteiger partial charge in [0.15, 0.2) is 5.78 Å². The van der Waals surface area contributed by atoms with E-state index in [1.165, 1.54) is 0 Å². The number of nitrogens with zero attached hydrogens (tertiary/aromatic N) is 1. The number of rotatable bonds is 13. The molecule has 4 rings (SSSR count). The maximum Gasteiger partial charge on any atom is 0.243 e. The van der Waals surface area contributed by atoms with Gasteiger partial charge in [0.25, 0.3) is 0 Å². The topological polar surface area (TPSA) is 120 Å². The van der Waals surface area contributed by atoms with Crippen LogP contribution in [0.25, 0.3) is 0 Å². The van der Waals surface area contributed by atoms with Crippen LogP contribution < -0.4 is 15.4 Å². The van der Waals surface area contributed by atoms with Gasteiger partial charge in [0, 0.05) is 12.5 Å². The number of nitrogens with one attached hydrogen (secondary N) is 2. The molecule has 5 atom stereocenters. The standard InChI is InChI=1S/C31H41N3O6/c1-21(34-16-8-7-11-24(34)19-35)29(37)33-27(18-23-12-14-25(39-3)15-13-23)30(38)32-26(28(36)31(2)20-40-31)17-22-9-5-4-6-10-22/h4-6,9-10,12-15,21,24,26-27,35H,7-8,11,16-20H2,1-3H3,(H,32,38)(H,33,37). The lowest BCUT2D eigenvalue weighted by atomic mass is 9.94. The number of carbonyl (C=O) groups excluding carboxylic acids is 3. The molecular weight excluding hydrogens is 510 g/mol. The minimum atomic E-state index is -0.917. The highest BCUT2D eigenvalue weighted by atomic mass is 16.6. The van der Waals surface area contributed by atoms with Crippen molar-refractivity contribution < 1.29 is 29.0 Å². The van der Waals surface area contributed by atoms with Crippen LogP contribution in [-0.4, -0.2) is 84.2 Å². The number of amides is 2. The van der Waals surface area contributed by atoms with E-state index in [1.807, 2.05) is 47.4 Å². The molecule has 2 aromatic rings. The summed E-state index contributed by atoms with van der Waals surface area (Å²) >= 11 is 0. The van der Waals surface area contributed by atoms with Crippen LogP contribution in [0.2, 0.25) is 0 Å². The highest BCUT2D eigenvalue weighted by molar-refractivity contribution is 5.98. The van der Waals surface area contributed by atoms with E-state index in [9.17, 15) is 19.5 Å². The maximum absolute atomic E-state index is 13.8. The third-order valence-corrected chi connectivity index (χ3v) is 8.01. The first kappa shape index (κ1) is 29.7. The molecule has 5 unspecified atom stereocenters. The molecule has 0 saturated carbocycles. The van der Waals surface area contributed by atoms with Crippen LogP contribution in [-0.2, 0) is 32.0 Å². The van der Waals surface area contributed by atoms with E-state index in [-0.39, 0.29) is 30.8 Å². The highest BCUT2D eigenvalue weighted by Gasteiger charge is 2.50. The molecule has 2 amide bonds. The van der Waals surface area contributed by atoms with Gasteiger partial charge < -0.3 is 25.2 Å². The van der Waals surface area contributed by atoms with E-state index in [0.29, 0.717) is 25.3 Å². The Bertz CT molecular complexity index is 1150. The molecular formula is C31H41N3O6. The van der Waals surface area contributed by atoms with Gasteiger partial charge in [-0.3, -0.25) is 19.3 Å². The summed E-state index contributed by atoms with van der Waals surface area (Å²) in [6.45, 7) is 4.55. The number of likely N-dealkylation sites (tertiary alicyclic amines) is 1. The molecule has 2 saturated heterocycles. The zero-order valence-electron chi connectivity index (χ0n) is 23.6. The number of hydrogen-bond donors (Lipinski definition) is 3. The Labute approximate surface area is 236 Å². The summed E-state index contributed by atoms with van der Waals surface area (Å²) in [4.78, 5) is 42.6. The van der Waals surface area contributed by atoms with Gasteiger partial charge in [-0.2, -0.15) is 0 Å². The Kier molecular flexibility index (Phi) is 9.95. The number of epoxide rings is 1. The summed E-state index contributed by atoms with van der Waals surface area (Å²) < 4.78 is 10.7. The van der Waals surface area contributed by atoms with Crippen molar-refractivity contribution in [3.05, 3.63) is 65.7 Å². The minimum absolute atomic E-state index is 0.0164. The zero-order chi connectivity index (χ0) is 28.7.